The molecule has 1 heterocycles. The van der Waals surface area contributed by atoms with E-state index in [1.165, 1.54) is 0 Å². The molecule has 0 N–H and O–H groups in total. The SMILES string of the molecule is CCOC(=O)Cn1nc([N+](=O)[O-])c(Cl)c(Cl)c1=O. The minimum Gasteiger partial charge on any atom is -0.465 e. The molecule has 0 aliphatic carbocycles. The van der Waals surface area contributed by atoms with Crippen LogP contribution >= 0.6 is 23.2 Å². The molecule has 1 aromatic heterocycles. The lowest BCUT2D eigenvalue weighted by Crippen LogP contribution is -2.29. The highest BCUT2D eigenvalue weighted by atomic mass is 35.5. The molecule has 0 radical (unpaired) electrons. The molecule has 0 bridgehead atoms. The van der Waals surface area contributed by atoms with Crippen LogP contribution in [0, 0.1) is 10.1 Å². The van der Waals surface area contributed by atoms with E-state index in [0.29, 0.717) is 4.68 Å². The monoisotopic (exact) mass is 295 g/mol. The van der Waals surface area contributed by atoms with Crippen LogP contribution in [0.4, 0.5) is 5.82 Å². The van der Waals surface area contributed by atoms with Crippen LogP contribution in [0.2, 0.25) is 10.0 Å². The second kappa shape index (κ2) is 5.78. The zero-order chi connectivity index (χ0) is 13.9. The number of rotatable bonds is 4. The van der Waals surface area contributed by atoms with E-state index in [2.05, 4.69) is 9.84 Å². The molecule has 1 aromatic rings. The molecule has 0 amide bonds. The second-order valence-electron chi connectivity index (χ2n) is 2.98. The zero-order valence-corrected chi connectivity index (χ0v) is 10.6. The van der Waals surface area contributed by atoms with Crippen molar-refractivity contribution < 1.29 is 14.5 Å². The van der Waals surface area contributed by atoms with Crippen molar-refractivity contribution in [3.05, 3.63) is 30.5 Å². The summed E-state index contributed by atoms with van der Waals surface area (Å²) >= 11 is 11.0. The average Bonchev–Trinajstić information content (AvgIpc) is 2.30. The van der Waals surface area contributed by atoms with Crippen molar-refractivity contribution in [3.8, 4) is 0 Å². The largest absolute Gasteiger partial charge is 0.465 e. The van der Waals surface area contributed by atoms with Crippen LogP contribution in [0.15, 0.2) is 4.79 Å². The van der Waals surface area contributed by atoms with Crippen LogP contribution in [0.1, 0.15) is 6.92 Å². The Bertz CT molecular complexity index is 556. The van der Waals surface area contributed by atoms with E-state index < -0.39 is 38.9 Å². The third-order valence-corrected chi connectivity index (χ3v) is 2.59. The minimum absolute atomic E-state index is 0.108. The number of nitro groups is 1. The first-order chi connectivity index (χ1) is 8.38. The highest BCUT2D eigenvalue weighted by molar-refractivity contribution is 6.42. The van der Waals surface area contributed by atoms with E-state index in [4.69, 9.17) is 23.2 Å². The number of hydrogen-bond acceptors (Lipinski definition) is 6. The molecule has 1 rings (SSSR count). The molecule has 0 atom stereocenters. The van der Waals surface area contributed by atoms with Gasteiger partial charge in [0.05, 0.1) is 11.7 Å². The molecule has 8 nitrogen and oxygen atoms in total. The van der Waals surface area contributed by atoms with E-state index in [1.54, 1.807) is 6.92 Å². The Morgan fingerprint density at radius 3 is 2.61 bits per heavy atom. The molecule has 10 heteroatoms. The van der Waals surface area contributed by atoms with Crippen molar-refractivity contribution >= 4 is 35.0 Å². The van der Waals surface area contributed by atoms with Gasteiger partial charge in [-0.3, -0.25) is 4.79 Å². The lowest BCUT2D eigenvalue weighted by atomic mass is 10.5. The normalized spacial score (nSPS) is 10.2. The van der Waals surface area contributed by atoms with Gasteiger partial charge in [0.2, 0.25) is 0 Å². The van der Waals surface area contributed by atoms with Crippen LogP contribution in [0.5, 0.6) is 0 Å². The molecule has 0 aliphatic heterocycles. The van der Waals surface area contributed by atoms with Gasteiger partial charge in [0, 0.05) is 0 Å². The van der Waals surface area contributed by atoms with Gasteiger partial charge in [-0.05, 0) is 11.8 Å². The van der Waals surface area contributed by atoms with Gasteiger partial charge in [-0.2, -0.15) is 0 Å². The number of ether oxygens (including phenoxy) is 1. The summed E-state index contributed by atoms with van der Waals surface area (Å²) < 4.78 is 5.12. The van der Waals surface area contributed by atoms with E-state index in [9.17, 15) is 19.7 Å². The van der Waals surface area contributed by atoms with E-state index >= 15 is 0 Å². The van der Waals surface area contributed by atoms with Gasteiger partial charge in [0.1, 0.15) is 5.02 Å². The van der Waals surface area contributed by atoms with Crippen molar-refractivity contribution in [3.63, 3.8) is 0 Å². The van der Waals surface area contributed by atoms with Gasteiger partial charge >= 0.3 is 17.3 Å². The van der Waals surface area contributed by atoms with Crippen molar-refractivity contribution in [2.24, 2.45) is 0 Å². The molecular formula is C8H7Cl2N3O5. The maximum Gasteiger partial charge on any atom is 0.408 e. The van der Waals surface area contributed by atoms with Crippen molar-refractivity contribution in [2.75, 3.05) is 6.61 Å². The molecule has 98 valence electrons. The predicted molar refractivity (Wildman–Crippen MR) is 61.8 cm³/mol. The van der Waals surface area contributed by atoms with Gasteiger partial charge in [-0.25, -0.2) is 4.79 Å². The van der Waals surface area contributed by atoms with Crippen LogP contribution < -0.4 is 5.56 Å². The van der Waals surface area contributed by atoms with Gasteiger partial charge in [-0.15, -0.1) is 4.68 Å². The highest BCUT2D eigenvalue weighted by Crippen LogP contribution is 2.26. The Labute approximate surface area is 110 Å². The van der Waals surface area contributed by atoms with Crippen LogP contribution in [-0.4, -0.2) is 27.3 Å². The molecule has 18 heavy (non-hydrogen) atoms. The topological polar surface area (TPSA) is 104 Å². The molecule has 0 saturated carbocycles. The fourth-order valence-electron chi connectivity index (χ4n) is 1.06. The number of halogens is 2. The number of aromatic nitrogens is 2. The summed E-state index contributed by atoms with van der Waals surface area (Å²) in [6.45, 7) is 1.10. The fourth-order valence-corrected chi connectivity index (χ4v) is 1.43. The number of carbonyl (C=O) groups is 1. The lowest BCUT2D eigenvalue weighted by Gasteiger charge is -2.03. The summed E-state index contributed by atoms with van der Waals surface area (Å²) in [6.07, 6.45) is 0. The molecule has 0 saturated heterocycles. The average molecular weight is 296 g/mol. The lowest BCUT2D eigenvalue weighted by molar-refractivity contribution is -0.390. The summed E-state index contributed by atoms with van der Waals surface area (Å²) in [5.41, 5.74) is -0.902. The standard InChI is InChI=1S/C8H7Cl2N3O5/c1-2-18-4(14)3-12-8(15)6(10)5(9)7(11-12)13(16)17/h2-3H2,1H3. The summed E-state index contributed by atoms with van der Waals surface area (Å²) in [5, 5.41) is 12.8. The number of esters is 1. The Balaban J connectivity index is 3.25. The third kappa shape index (κ3) is 2.96. The van der Waals surface area contributed by atoms with E-state index in [0.717, 1.165) is 0 Å². The Morgan fingerprint density at radius 2 is 2.11 bits per heavy atom. The summed E-state index contributed by atoms with van der Waals surface area (Å²) in [4.78, 5) is 32.4. The number of carbonyl (C=O) groups excluding carboxylic acids is 1. The molecule has 0 unspecified atom stereocenters. The Morgan fingerprint density at radius 1 is 1.50 bits per heavy atom. The predicted octanol–water partition coefficient (Wildman–Crippen LogP) is 1.02. The first-order valence-electron chi connectivity index (χ1n) is 4.64. The van der Waals surface area contributed by atoms with Gasteiger partial charge < -0.3 is 14.9 Å². The van der Waals surface area contributed by atoms with Gasteiger partial charge in [0.15, 0.2) is 11.6 Å². The first-order valence-corrected chi connectivity index (χ1v) is 5.40. The van der Waals surface area contributed by atoms with Gasteiger partial charge in [0.25, 0.3) is 0 Å². The Hall–Kier alpha value is -1.67. The minimum atomic E-state index is -0.907. The second-order valence-corrected chi connectivity index (χ2v) is 3.73. The molecule has 0 aromatic carbocycles. The van der Waals surface area contributed by atoms with Crippen LogP contribution in [0.25, 0.3) is 0 Å². The summed E-state index contributed by atoms with van der Waals surface area (Å²) in [7, 11) is 0. The summed E-state index contributed by atoms with van der Waals surface area (Å²) in [6, 6.07) is 0. The quantitative estimate of drug-likeness (QED) is 0.466. The smallest absolute Gasteiger partial charge is 0.408 e. The number of nitrogens with zero attached hydrogens (tertiary/aromatic N) is 3. The zero-order valence-electron chi connectivity index (χ0n) is 9.05. The maximum atomic E-state index is 11.6. The molecular weight excluding hydrogens is 289 g/mol. The van der Waals surface area contributed by atoms with Gasteiger partial charge in [-0.1, -0.05) is 23.2 Å². The molecule has 0 fully saturated rings. The van der Waals surface area contributed by atoms with Crippen LogP contribution in [0.3, 0.4) is 0 Å². The van der Waals surface area contributed by atoms with Crippen molar-refractivity contribution in [2.45, 2.75) is 13.5 Å². The summed E-state index contributed by atoms with van der Waals surface area (Å²) in [5.74, 6) is -1.56. The van der Waals surface area contributed by atoms with E-state index in [1.807, 2.05) is 0 Å². The third-order valence-electron chi connectivity index (χ3n) is 1.78. The Kier molecular flexibility index (Phi) is 4.62. The molecule has 0 aliphatic rings. The molecule has 0 spiro atoms. The first kappa shape index (κ1) is 14.4. The highest BCUT2D eigenvalue weighted by Gasteiger charge is 2.25. The van der Waals surface area contributed by atoms with Crippen molar-refractivity contribution in [1.82, 2.24) is 9.78 Å². The van der Waals surface area contributed by atoms with E-state index in [-0.39, 0.29) is 6.61 Å². The number of hydrogen-bond donors (Lipinski definition) is 0. The van der Waals surface area contributed by atoms with Crippen LogP contribution in [-0.2, 0) is 16.1 Å². The van der Waals surface area contributed by atoms with Crippen molar-refractivity contribution in [1.29, 1.82) is 0 Å². The maximum absolute atomic E-state index is 11.6. The fraction of sp³-hybridized carbons (Fsp3) is 0.375.